The molecule has 0 saturated carbocycles. The van der Waals surface area contributed by atoms with Crippen LogP contribution in [-0.4, -0.2) is 31.1 Å². The standard InChI is InChI=1S/C20H25NO.ClH/c1-21-15-7-11-19(21)16-22-20-12-6-5-10-18(20)14-13-17-8-3-2-4-9-17;/h2-6,8-10,12,19H,7,11,13-16H2,1H3;1H. The number of likely N-dealkylation sites (tertiary alicyclic amines) is 1. The van der Waals surface area contributed by atoms with Gasteiger partial charge in [0.2, 0.25) is 0 Å². The van der Waals surface area contributed by atoms with Gasteiger partial charge in [-0.1, -0.05) is 48.5 Å². The summed E-state index contributed by atoms with van der Waals surface area (Å²) in [5.74, 6) is 1.05. The number of likely N-dealkylation sites (N-methyl/N-ethyl adjacent to an activating group) is 1. The number of aryl methyl sites for hydroxylation is 2. The molecular weight excluding hydrogens is 306 g/mol. The molecule has 2 aromatic carbocycles. The number of nitrogens with zero attached hydrogens (tertiary/aromatic N) is 1. The summed E-state index contributed by atoms with van der Waals surface area (Å²) in [6.45, 7) is 2.00. The number of ether oxygens (including phenoxy) is 1. The van der Waals surface area contributed by atoms with Gasteiger partial charge in [0.25, 0.3) is 0 Å². The van der Waals surface area contributed by atoms with Crippen LogP contribution in [0, 0.1) is 0 Å². The van der Waals surface area contributed by atoms with Crippen molar-refractivity contribution in [1.29, 1.82) is 0 Å². The summed E-state index contributed by atoms with van der Waals surface area (Å²) in [6.07, 6.45) is 4.63. The van der Waals surface area contributed by atoms with Crippen LogP contribution in [0.25, 0.3) is 0 Å². The van der Waals surface area contributed by atoms with Gasteiger partial charge in [-0.05, 0) is 56.5 Å². The van der Waals surface area contributed by atoms with E-state index in [0.29, 0.717) is 6.04 Å². The number of para-hydroxylation sites is 1. The summed E-state index contributed by atoms with van der Waals surface area (Å²) in [6, 6.07) is 19.7. The van der Waals surface area contributed by atoms with E-state index in [9.17, 15) is 0 Å². The van der Waals surface area contributed by atoms with Gasteiger partial charge < -0.3 is 9.64 Å². The molecule has 0 bridgehead atoms. The van der Waals surface area contributed by atoms with Gasteiger partial charge >= 0.3 is 0 Å². The zero-order chi connectivity index (χ0) is 15.2. The minimum absolute atomic E-state index is 0. The van der Waals surface area contributed by atoms with E-state index in [2.05, 4.69) is 66.5 Å². The molecule has 124 valence electrons. The minimum atomic E-state index is 0. The highest BCUT2D eigenvalue weighted by Gasteiger charge is 2.21. The molecule has 0 amide bonds. The Balaban J connectivity index is 0.00000192. The van der Waals surface area contributed by atoms with Crippen molar-refractivity contribution >= 4 is 12.4 Å². The Morgan fingerprint density at radius 3 is 2.48 bits per heavy atom. The van der Waals surface area contributed by atoms with Gasteiger partial charge in [0.05, 0.1) is 0 Å². The Morgan fingerprint density at radius 1 is 1.00 bits per heavy atom. The number of hydrogen-bond donors (Lipinski definition) is 0. The summed E-state index contributed by atoms with van der Waals surface area (Å²) >= 11 is 0. The van der Waals surface area contributed by atoms with E-state index in [1.165, 1.54) is 30.5 Å². The lowest BCUT2D eigenvalue weighted by molar-refractivity contribution is 0.197. The second-order valence-electron chi connectivity index (χ2n) is 6.18. The fourth-order valence-corrected chi connectivity index (χ4v) is 3.15. The van der Waals surface area contributed by atoms with E-state index < -0.39 is 0 Å². The van der Waals surface area contributed by atoms with Crippen molar-refractivity contribution in [2.45, 2.75) is 31.7 Å². The van der Waals surface area contributed by atoms with Crippen molar-refractivity contribution in [2.24, 2.45) is 0 Å². The number of benzene rings is 2. The van der Waals surface area contributed by atoms with Crippen molar-refractivity contribution in [2.75, 3.05) is 20.2 Å². The van der Waals surface area contributed by atoms with Gasteiger partial charge in [-0.25, -0.2) is 0 Å². The van der Waals surface area contributed by atoms with Crippen LogP contribution in [0.5, 0.6) is 5.75 Å². The Bertz CT molecular complexity index is 587. The predicted molar refractivity (Wildman–Crippen MR) is 98.7 cm³/mol. The molecule has 0 aromatic heterocycles. The first kappa shape index (κ1) is 17.8. The molecule has 3 rings (SSSR count). The van der Waals surface area contributed by atoms with Crippen LogP contribution in [0.1, 0.15) is 24.0 Å². The molecule has 1 aliphatic rings. The summed E-state index contributed by atoms with van der Waals surface area (Å²) in [5, 5.41) is 0. The quantitative estimate of drug-likeness (QED) is 0.779. The SMILES string of the molecule is CN1CCCC1COc1ccccc1CCc1ccccc1.Cl. The van der Waals surface area contributed by atoms with Gasteiger partial charge in [-0.15, -0.1) is 12.4 Å². The molecule has 1 saturated heterocycles. The summed E-state index contributed by atoms with van der Waals surface area (Å²) in [4.78, 5) is 2.41. The van der Waals surface area contributed by atoms with Gasteiger partial charge in [-0.3, -0.25) is 0 Å². The molecule has 1 atom stereocenters. The van der Waals surface area contributed by atoms with E-state index in [0.717, 1.165) is 25.2 Å². The lowest BCUT2D eigenvalue weighted by Crippen LogP contribution is -2.30. The average molecular weight is 332 g/mol. The van der Waals surface area contributed by atoms with Crippen LogP contribution >= 0.6 is 12.4 Å². The monoisotopic (exact) mass is 331 g/mol. The van der Waals surface area contributed by atoms with Gasteiger partial charge in [0.1, 0.15) is 12.4 Å². The summed E-state index contributed by atoms with van der Waals surface area (Å²) in [5.41, 5.74) is 2.69. The van der Waals surface area contributed by atoms with Gasteiger partial charge in [0.15, 0.2) is 0 Å². The maximum atomic E-state index is 6.14. The van der Waals surface area contributed by atoms with Crippen molar-refractivity contribution in [1.82, 2.24) is 4.90 Å². The highest BCUT2D eigenvalue weighted by Crippen LogP contribution is 2.22. The Hall–Kier alpha value is -1.51. The normalized spacial score (nSPS) is 17.7. The molecule has 2 aromatic rings. The average Bonchev–Trinajstić information content (AvgIpc) is 2.98. The van der Waals surface area contributed by atoms with Crippen LogP contribution in [0.2, 0.25) is 0 Å². The fourth-order valence-electron chi connectivity index (χ4n) is 3.15. The molecule has 0 N–H and O–H groups in total. The van der Waals surface area contributed by atoms with Crippen molar-refractivity contribution in [3.05, 3.63) is 65.7 Å². The smallest absolute Gasteiger partial charge is 0.122 e. The zero-order valence-corrected chi connectivity index (χ0v) is 14.6. The van der Waals surface area contributed by atoms with Crippen LogP contribution < -0.4 is 4.74 Å². The number of rotatable bonds is 6. The van der Waals surface area contributed by atoms with Gasteiger partial charge in [0, 0.05) is 6.04 Å². The highest BCUT2D eigenvalue weighted by atomic mass is 35.5. The number of hydrogen-bond acceptors (Lipinski definition) is 2. The Kier molecular flexibility index (Phi) is 6.94. The van der Waals surface area contributed by atoms with E-state index in [1.54, 1.807) is 0 Å². The second-order valence-corrected chi connectivity index (χ2v) is 6.18. The van der Waals surface area contributed by atoms with Gasteiger partial charge in [-0.2, -0.15) is 0 Å². The topological polar surface area (TPSA) is 12.5 Å². The van der Waals surface area contributed by atoms with Crippen molar-refractivity contribution < 1.29 is 4.74 Å². The number of halogens is 1. The minimum Gasteiger partial charge on any atom is -0.492 e. The molecule has 0 radical (unpaired) electrons. The Morgan fingerprint density at radius 2 is 1.74 bits per heavy atom. The highest BCUT2D eigenvalue weighted by molar-refractivity contribution is 5.85. The molecule has 1 fully saturated rings. The predicted octanol–water partition coefficient (Wildman–Crippen LogP) is 4.37. The maximum absolute atomic E-state index is 6.14. The first-order valence-corrected chi connectivity index (χ1v) is 8.28. The summed E-state index contributed by atoms with van der Waals surface area (Å²) in [7, 11) is 2.20. The fraction of sp³-hybridized carbons (Fsp3) is 0.400. The van der Waals surface area contributed by atoms with E-state index >= 15 is 0 Å². The maximum Gasteiger partial charge on any atom is 0.122 e. The zero-order valence-electron chi connectivity index (χ0n) is 13.8. The van der Waals surface area contributed by atoms with Crippen LogP contribution in [0.15, 0.2) is 54.6 Å². The molecule has 3 heteroatoms. The Labute approximate surface area is 145 Å². The van der Waals surface area contributed by atoms with E-state index in [1.807, 2.05) is 0 Å². The molecule has 0 spiro atoms. The largest absolute Gasteiger partial charge is 0.492 e. The summed E-state index contributed by atoms with van der Waals surface area (Å²) < 4.78 is 6.14. The second kappa shape index (κ2) is 8.95. The molecule has 1 heterocycles. The van der Waals surface area contributed by atoms with E-state index in [-0.39, 0.29) is 12.4 Å². The lowest BCUT2D eigenvalue weighted by Gasteiger charge is -2.20. The molecular formula is C20H26ClNO. The van der Waals surface area contributed by atoms with Crippen LogP contribution in [0.3, 0.4) is 0 Å². The van der Waals surface area contributed by atoms with Crippen LogP contribution in [0.4, 0.5) is 0 Å². The molecule has 1 unspecified atom stereocenters. The molecule has 23 heavy (non-hydrogen) atoms. The third-order valence-electron chi connectivity index (χ3n) is 4.60. The first-order chi connectivity index (χ1) is 10.8. The first-order valence-electron chi connectivity index (χ1n) is 8.28. The molecule has 2 nitrogen and oxygen atoms in total. The third kappa shape index (κ3) is 4.98. The van der Waals surface area contributed by atoms with Crippen LogP contribution in [-0.2, 0) is 12.8 Å². The van der Waals surface area contributed by atoms with Crippen molar-refractivity contribution in [3.63, 3.8) is 0 Å². The molecule has 1 aliphatic heterocycles. The third-order valence-corrected chi connectivity index (χ3v) is 4.60. The van der Waals surface area contributed by atoms with Crippen molar-refractivity contribution in [3.8, 4) is 5.75 Å². The van der Waals surface area contributed by atoms with E-state index in [4.69, 9.17) is 4.74 Å². The molecule has 0 aliphatic carbocycles. The lowest BCUT2D eigenvalue weighted by atomic mass is 10.0.